The maximum absolute atomic E-state index is 13.3. The molecule has 2 heterocycles. The number of aromatic nitrogens is 3. The van der Waals surface area contributed by atoms with Gasteiger partial charge in [-0.2, -0.15) is 9.80 Å². The SMILES string of the molecule is CC(C)(C)c1csc(-n2[nH]c(-c3ccc([N+](=O)[O-])cc3)c(N=Nc3cccc([N+](=O)[O-])c3)c2=O)n1. The number of hydrogen-bond acceptors (Lipinski definition) is 9. The van der Waals surface area contributed by atoms with Gasteiger partial charge in [0.25, 0.3) is 11.4 Å². The fraction of sp³-hybridized carbons (Fsp3) is 0.182. The van der Waals surface area contributed by atoms with E-state index in [9.17, 15) is 25.0 Å². The molecular weight excluding hydrogens is 474 g/mol. The van der Waals surface area contributed by atoms with E-state index in [1.807, 2.05) is 26.2 Å². The van der Waals surface area contributed by atoms with E-state index in [-0.39, 0.29) is 33.9 Å². The first-order valence-corrected chi connectivity index (χ1v) is 11.1. The summed E-state index contributed by atoms with van der Waals surface area (Å²) in [6.45, 7) is 6.01. The third-order valence-corrected chi connectivity index (χ3v) is 5.82. The average molecular weight is 494 g/mol. The number of rotatable bonds is 6. The van der Waals surface area contributed by atoms with E-state index < -0.39 is 15.4 Å². The molecule has 2 aromatic carbocycles. The molecule has 12 nitrogen and oxygen atoms in total. The van der Waals surface area contributed by atoms with E-state index in [4.69, 9.17) is 0 Å². The second-order valence-electron chi connectivity index (χ2n) is 8.52. The molecule has 4 aromatic rings. The number of non-ortho nitro benzene ring substituents is 2. The summed E-state index contributed by atoms with van der Waals surface area (Å²) in [5.74, 6) is 0. The Labute approximate surface area is 201 Å². The minimum atomic E-state index is -0.556. The van der Waals surface area contributed by atoms with Crippen LogP contribution in [0.2, 0.25) is 0 Å². The van der Waals surface area contributed by atoms with Crippen molar-refractivity contribution >= 4 is 34.1 Å². The van der Waals surface area contributed by atoms with Gasteiger partial charge >= 0.3 is 5.56 Å². The van der Waals surface area contributed by atoms with Crippen molar-refractivity contribution in [1.82, 2.24) is 14.8 Å². The van der Waals surface area contributed by atoms with E-state index in [0.717, 1.165) is 5.69 Å². The first-order valence-electron chi connectivity index (χ1n) is 10.3. The van der Waals surface area contributed by atoms with E-state index in [0.29, 0.717) is 10.7 Å². The third kappa shape index (κ3) is 4.89. The van der Waals surface area contributed by atoms with Gasteiger partial charge in [-0.1, -0.05) is 26.8 Å². The summed E-state index contributed by atoms with van der Waals surface area (Å²) in [5, 5.41) is 35.4. The smallest absolute Gasteiger partial charge is 0.286 e. The summed E-state index contributed by atoms with van der Waals surface area (Å²) < 4.78 is 1.23. The number of hydrogen-bond donors (Lipinski definition) is 1. The zero-order chi connectivity index (χ0) is 25.3. The molecule has 0 amide bonds. The Morgan fingerprint density at radius 1 is 1.00 bits per heavy atom. The highest BCUT2D eigenvalue weighted by Gasteiger charge is 2.22. The number of thiazole rings is 1. The summed E-state index contributed by atoms with van der Waals surface area (Å²) >= 11 is 1.27. The second-order valence-corrected chi connectivity index (χ2v) is 9.36. The molecule has 13 heteroatoms. The zero-order valence-corrected chi connectivity index (χ0v) is 19.6. The van der Waals surface area contributed by atoms with E-state index >= 15 is 0 Å². The number of benzene rings is 2. The Balaban J connectivity index is 1.84. The molecule has 35 heavy (non-hydrogen) atoms. The predicted octanol–water partition coefficient (Wildman–Crippen LogP) is 5.82. The molecule has 0 saturated heterocycles. The van der Waals surface area contributed by atoms with Crippen LogP contribution in [-0.2, 0) is 5.41 Å². The van der Waals surface area contributed by atoms with Gasteiger partial charge in [0.1, 0.15) is 0 Å². The van der Waals surface area contributed by atoms with Gasteiger partial charge in [-0.15, -0.1) is 16.5 Å². The van der Waals surface area contributed by atoms with Crippen LogP contribution in [0.4, 0.5) is 22.7 Å². The molecule has 0 atom stereocenters. The molecule has 0 aliphatic heterocycles. The Hall–Kier alpha value is -4.52. The zero-order valence-electron chi connectivity index (χ0n) is 18.8. The molecule has 2 aromatic heterocycles. The van der Waals surface area contributed by atoms with Crippen LogP contribution in [0.5, 0.6) is 0 Å². The number of azo groups is 1. The lowest BCUT2D eigenvalue weighted by atomic mass is 9.93. The van der Waals surface area contributed by atoms with Crippen molar-refractivity contribution < 1.29 is 9.85 Å². The molecule has 0 spiro atoms. The van der Waals surface area contributed by atoms with Gasteiger partial charge in [0.2, 0.25) is 5.13 Å². The number of nitro groups is 2. The van der Waals surface area contributed by atoms with Crippen molar-refractivity contribution in [3.63, 3.8) is 0 Å². The van der Waals surface area contributed by atoms with Crippen molar-refractivity contribution in [3.05, 3.63) is 90.2 Å². The van der Waals surface area contributed by atoms with E-state index in [1.165, 1.54) is 64.5 Å². The molecule has 178 valence electrons. The van der Waals surface area contributed by atoms with E-state index in [2.05, 4.69) is 20.3 Å². The second kappa shape index (κ2) is 9.02. The van der Waals surface area contributed by atoms with E-state index in [1.54, 1.807) is 0 Å². The molecular formula is C22H19N7O5S. The van der Waals surface area contributed by atoms with Crippen LogP contribution < -0.4 is 5.56 Å². The predicted molar refractivity (Wildman–Crippen MR) is 130 cm³/mol. The maximum Gasteiger partial charge on any atom is 0.301 e. The van der Waals surface area contributed by atoms with Gasteiger partial charge in [0, 0.05) is 40.6 Å². The van der Waals surface area contributed by atoms with Gasteiger partial charge in [0.05, 0.1) is 26.9 Å². The van der Waals surface area contributed by atoms with Crippen LogP contribution in [-0.4, -0.2) is 24.6 Å². The Kier molecular flexibility index (Phi) is 6.09. The standard InChI is InChI=1S/C22H19N7O5S/c1-22(2,3)17-12-35-21(23-17)27-20(30)19(25-24-14-5-4-6-16(11-14)29(33)34)18(26-27)13-7-9-15(10-8-13)28(31)32/h4-12,26H,1-3H3. The summed E-state index contributed by atoms with van der Waals surface area (Å²) in [5.41, 5.74) is 0.613. The molecule has 4 rings (SSSR count). The summed E-state index contributed by atoms with van der Waals surface area (Å²) in [6.07, 6.45) is 0. The van der Waals surface area contributed by atoms with Gasteiger partial charge in [-0.25, -0.2) is 4.98 Å². The number of H-pyrrole nitrogens is 1. The molecule has 0 aliphatic carbocycles. The van der Waals surface area contributed by atoms with Crippen LogP contribution in [0.1, 0.15) is 26.5 Å². The molecule has 0 bridgehead atoms. The highest BCUT2D eigenvalue weighted by molar-refractivity contribution is 7.12. The summed E-state index contributed by atoms with van der Waals surface area (Å²) in [4.78, 5) is 38.9. The van der Waals surface area contributed by atoms with Gasteiger partial charge in [0.15, 0.2) is 5.69 Å². The molecule has 1 N–H and O–H groups in total. The Morgan fingerprint density at radius 2 is 1.69 bits per heavy atom. The van der Waals surface area contributed by atoms with Crippen LogP contribution >= 0.6 is 11.3 Å². The first kappa shape index (κ1) is 23.6. The molecule has 0 saturated carbocycles. The average Bonchev–Trinajstić information content (AvgIpc) is 3.43. The Morgan fingerprint density at radius 3 is 2.29 bits per heavy atom. The lowest BCUT2D eigenvalue weighted by Crippen LogP contribution is -2.16. The summed E-state index contributed by atoms with van der Waals surface area (Å²) in [6, 6.07) is 11.1. The number of nitro benzene ring substituents is 2. The maximum atomic E-state index is 13.3. The highest BCUT2D eigenvalue weighted by Crippen LogP contribution is 2.31. The highest BCUT2D eigenvalue weighted by atomic mass is 32.1. The molecule has 0 fully saturated rings. The fourth-order valence-electron chi connectivity index (χ4n) is 3.09. The lowest BCUT2D eigenvalue weighted by molar-refractivity contribution is -0.385. The minimum Gasteiger partial charge on any atom is -0.286 e. The Bertz CT molecular complexity index is 1510. The normalized spacial score (nSPS) is 11.7. The van der Waals surface area contributed by atoms with Crippen LogP contribution in [0.25, 0.3) is 16.4 Å². The van der Waals surface area contributed by atoms with Crippen molar-refractivity contribution in [2.75, 3.05) is 0 Å². The van der Waals surface area contributed by atoms with Gasteiger partial charge in [-0.05, 0) is 18.2 Å². The fourth-order valence-corrected chi connectivity index (χ4v) is 4.10. The van der Waals surface area contributed by atoms with Crippen LogP contribution in [0, 0.1) is 20.2 Å². The van der Waals surface area contributed by atoms with Crippen LogP contribution in [0.3, 0.4) is 0 Å². The van der Waals surface area contributed by atoms with Crippen molar-refractivity contribution in [1.29, 1.82) is 0 Å². The molecule has 0 unspecified atom stereocenters. The van der Waals surface area contributed by atoms with Gasteiger partial charge < -0.3 is 0 Å². The minimum absolute atomic E-state index is 0.0714. The van der Waals surface area contributed by atoms with Crippen molar-refractivity contribution in [3.8, 4) is 16.4 Å². The molecule has 0 radical (unpaired) electrons. The topological polar surface area (TPSA) is 162 Å². The first-order chi connectivity index (χ1) is 16.5. The largest absolute Gasteiger partial charge is 0.301 e. The number of nitrogens with zero attached hydrogens (tertiary/aromatic N) is 6. The number of aromatic amines is 1. The lowest BCUT2D eigenvalue weighted by Gasteiger charge is -2.14. The van der Waals surface area contributed by atoms with Gasteiger partial charge in [-0.3, -0.25) is 30.1 Å². The third-order valence-electron chi connectivity index (χ3n) is 4.99. The van der Waals surface area contributed by atoms with Crippen molar-refractivity contribution in [2.45, 2.75) is 26.2 Å². The van der Waals surface area contributed by atoms with Crippen LogP contribution in [0.15, 0.2) is 68.9 Å². The summed E-state index contributed by atoms with van der Waals surface area (Å²) in [7, 11) is 0. The monoisotopic (exact) mass is 493 g/mol. The number of nitrogens with one attached hydrogen (secondary N) is 1. The van der Waals surface area contributed by atoms with Crippen molar-refractivity contribution in [2.24, 2.45) is 10.2 Å². The quantitative estimate of drug-likeness (QED) is 0.202. The molecule has 0 aliphatic rings.